The van der Waals surface area contributed by atoms with Gasteiger partial charge >= 0.3 is 0 Å². The van der Waals surface area contributed by atoms with Gasteiger partial charge in [0.25, 0.3) is 5.91 Å². The fourth-order valence-electron chi connectivity index (χ4n) is 1.64. The van der Waals surface area contributed by atoms with Gasteiger partial charge in [0.15, 0.2) is 0 Å². The SMILES string of the molecule is O=C(NCc1cccc(O)c1)c1ccc(Br)cc1O. The molecule has 0 radical (unpaired) electrons. The number of carbonyl (C=O) groups excluding carboxylic acids is 1. The Morgan fingerprint density at radius 2 is 1.95 bits per heavy atom. The minimum absolute atomic E-state index is 0.0808. The Hall–Kier alpha value is -2.01. The lowest BCUT2D eigenvalue weighted by Crippen LogP contribution is -2.22. The number of halogens is 1. The molecule has 0 aliphatic carbocycles. The average molecular weight is 322 g/mol. The summed E-state index contributed by atoms with van der Waals surface area (Å²) < 4.78 is 0.703. The van der Waals surface area contributed by atoms with E-state index in [9.17, 15) is 15.0 Å². The normalized spacial score (nSPS) is 10.2. The number of nitrogens with one attached hydrogen (secondary N) is 1. The number of phenols is 2. The molecular formula is C14H12BrNO3. The zero-order chi connectivity index (χ0) is 13.8. The second kappa shape index (κ2) is 5.75. The standard InChI is InChI=1S/C14H12BrNO3/c15-10-4-5-12(13(18)7-10)14(19)16-8-9-2-1-3-11(17)6-9/h1-7,17-18H,8H2,(H,16,19). The first kappa shape index (κ1) is 13.4. The lowest BCUT2D eigenvalue weighted by atomic mass is 10.1. The van der Waals surface area contributed by atoms with Crippen molar-refractivity contribution in [3.8, 4) is 11.5 Å². The largest absolute Gasteiger partial charge is 0.508 e. The molecule has 19 heavy (non-hydrogen) atoms. The van der Waals surface area contributed by atoms with Gasteiger partial charge in [-0.05, 0) is 35.9 Å². The molecule has 2 aromatic rings. The Labute approximate surface area is 118 Å². The average Bonchev–Trinajstić information content (AvgIpc) is 2.36. The van der Waals surface area contributed by atoms with Crippen LogP contribution in [0.3, 0.4) is 0 Å². The Kier molecular flexibility index (Phi) is 4.06. The summed E-state index contributed by atoms with van der Waals surface area (Å²) in [7, 11) is 0. The van der Waals surface area contributed by atoms with Gasteiger partial charge in [-0.3, -0.25) is 4.79 Å². The maximum Gasteiger partial charge on any atom is 0.255 e. The van der Waals surface area contributed by atoms with Crippen molar-refractivity contribution in [3.63, 3.8) is 0 Å². The van der Waals surface area contributed by atoms with Crippen LogP contribution >= 0.6 is 15.9 Å². The maximum absolute atomic E-state index is 11.9. The maximum atomic E-state index is 11.9. The second-order valence-electron chi connectivity index (χ2n) is 4.01. The van der Waals surface area contributed by atoms with Crippen LogP contribution in [0.4, 0.5) is 0 Å². The van der Waals surface area contributed by atoms with Crippen molar-refractivity contribution in [1.29, 1.82) is 0 Å². The van der Waals surface area contributed by atoms with Crippen molar-refractivity contribution in [2.75, 3.05) is 0 Å². The van der Waals surface area contributed by atoms with Crippen molar-refractivity contribution in [2.45, 2.75) is 6.54 Å². The summed E-state index contributed by atoms with van der Waals surface area (Å²) in [6.45, 7) is 0.280. The molecule has 0 saturated heterocycles. The molecule has 3 N–H and O–H groups in total. The van der Waals surface area contributed by atoms with Crippen LogP contribution < -0.4 is 5.32 Å². The van der Waals surface area contributed by atoms with Gasteiger partial charge < -0.3 is 15.5 Å². The number of rotatable bonds is 3. The fraction of sp³-hybridized carbons (Fsp3) is 0.0714. The smallest absolute Gasteiger partial charge is 0.255 e. The number of carbonyl (C=O) groups is 1. The first-order valence-corrected chi connectivity index (χ1v) is 6.40. The molecule has 2 aromatic carbocycles. The predicted molar refractivity (Wildman–Crippen MR) is 75.1 cm³/mol. The number of aromatic hydroxyl groups is 2. The van der Waals surface area contributed by atoms with Crippen LogP contribution in [0, 0.1) is 0 Å². The van der Waals surface area contributed by atoms with E-state index < -0.39 is 0 Å². The van der Waals surface area contributed by atoms with Gasteiger partial charge in [0, 0.05) is 11.0 Å². The lowest BCUT2D eigenvalue weighted by molar-refractivity contribution is 0.0948. The topological polar surface area (TPSA) is 69.6 Å². The van der Waals surface area contributed by atoms with Crippen molar-refractivity contribution in [1.82, 2.24) is 5.32 Å². The van der Waals surface area contributed by atoms with E-state index in [2.05, 4.69) is 21.2 Å². The lowest BCUT2D eigenvalue weighted by Gasteiger charge is -2.07. The Morgan fingerprint density at radius 1 is 1.16 bits per heavy atom. The molecule has 0 aliphatic rings. The van der Waals surface area contributed by atoms with Crippen molar-refractivity contribution >= 4 is 21.8 Å². The zero-order valence-electron chi connectivity index (χ0n) is 9.93. The highest BCUT2D eigenvalue weighted by atomic mass is 79.9. The van der Waals surface area contributed by atoms with Gasteiger partial charge in [0.2, 0.25) is 0 Å². The summed E-state index contributed by atoms with van der Waals surface area (Å²) in [5, 5.41) is 21.7. The van der Waals surface area contributed by atoms with Gasteiger partial charge in [-0.1, -0.05) is 28.1 Å². The molecule has 98 valence electrons. The third-order valence-electron chi connectivity index (χ3n) is 2.57. The number of amides is 1. The predicted octanol–water partition coefficient (Wildman–Crippen LogP) is 2.79. The van der Waals surface area contributed by atoms with Crippen molar-refractivity contribution < 1.29 is 15.0 Å². The van der Waals surface area contributed by atoms with E-state index in [0.717, 1.165) is 5.56 Å². The third kappa shape index (κ3) is 3.48. The molecular weight excluding hydrogens is 310 g/mol. The van der Waals surface area contributed by atoms with Crippen molar-refractivity contribution in [3.05, 3.63) is 58.1 Å². The number of hydrogen-bond donors (Lipinski definition) is 3. The van der Waals surface area contributed by atoms with Crippen LogP contribution in [0.25, 0.3) is 0 Å². The summed E-state index contributed by atoms with van der Waals surface area (Å²) in [6, 6.07) is 11.3. The highest BCUT2D eigenvalue weighted by Gasteiger charge is 2.10. The van der Waals surface area contributed by atoms with Crippen LogP contribution in [0.2, 0.25) is 0 Å². The number of benzene rings is 2. The molecule has 4 nitrogen and oxygen atoms in total. The van der Waals surface area contributed by atoms with Gasteiger partial charge in [-0.15, -0.1) is 0 Å². The highest BCUT2D eigenvalue weighted by molar-refractivity contribution is 9.10. The number of hydrogen-bond acceptors (Lipinski definition) is 3. The van der Waals surface area contributed by atoms with E-state index in [-0.39, 0.29) is 29.5 Å². The van der Waals surface area contributed by atoms with E-state index in [1.54, 1.807) is 30.3 Å². The van der Waals surface area contributed by atoms with E-state index in [0.29, 0.717) is 4.47 Å². The van der Waals surface area contributed by atoms with Gasteiger partial charge in [0.05, 0.1) is 5.56 Å². The van der Waals surface area contributed by atoms with Crippen molar-refractivity contribution in [2.24, 2.45) is 0 Å². The van der Waals surface area contributed by atoms with E-state index >= 15 is 0 Å². The van der Waals surface area contributed by atoms with Crippen LogP contribution in [-0.4, -0.2) is 16.1 Å². The molecule has 0 fully saturated rings. The second-order valence-corrected chi connectivity index (χ2v) is 4.93. The van der Waals surface area contributed by atoms with Crippen LogP contribution in [0.1, 0.15) is 15.9 Å². The van der Waals surface area contributed by atoms with Gasteiger partial charge in [0.1, 0.15) is 11.5 Å². The van der Waals surface area contributed by atoms with E-state index in [1.807, 2.05) is 0 Å². The summed E-state index contributed by atoms with van der Waals surface area (Å²) in [6.07, 6.45) is 0. The minimum Gasteiger partial charge on any atom is -0.508 e. The quantitative estimate of drug-likeness (QED) is 0.814. The van der Waals surface area contributed by atoms with Crippen LogP contribution in [0.15, 0.2) is 46.9 Å². The fourth-order valence-corrected chi connectivity index (χ4v) is 1.99. The number of phenolic OH excluding ortho intramolecular Hbond substituents is 2. The molecule has 0 heterocycles. The molecule has 0 unspecified atom stereocenters. The third-order valence-corrected chi connectivity index (χ3v) is 3.06. The monoisotopic (exact) mass is 321 g/mol. The minimum atomic E-state index is -0.367. The molecule has 1 amide bonds. The van der Waals surface area contributed by atoms with E-state index in [4.69, 9.17) is 0 Å². The first-order chi connectivity index (χ1) is 9.06. The first-order valence-electron chi connectivity index (χ1n) is 5.61. The summed E-state index contributed by atoms with van der Waals surface area (Å²) in [4.78, 5) is 11.9. The molecule has 0 bridgehead atoms. The Bertz CT molecular complexity index is 613. The molecule has 5 heteroatoms. The highest BCUT2D eigenvalue weighted by Crippen LogP contribution is 2.22. The Morgan fingerprint density at radius 3 is 2.63 bits per heavy atom. The Balaban J connectivity index is 2.05. The van der Waals surface area contributed by atoms with Crippen LogP contribution in [0.5, 0.6) is 11.5 Å². The molecule has 2 rings (SSSR count). The molecule has 0 spiro atoms. The van der Waals surface area contributed by atoms with Gasteiger partial charge in [-0.2, -0.15) is 0 Å². The molecule has 0 aromatic heterocycles. The van der Waals surface area contributed by atoms with Gasteiger partial charge in [-0.25, -0.2) is 0 Å². The molecule has 0 aliphatic heterocycles. The molecule has 0 atom stereocenters. The summed E-state index contributed by atoms with van der Waals surface area (Å²) in [5.74, 6) is -0.297. The molecule has 0 saturated carbocycles. The summed E-state index contributed by atoms with van der Waals surface area (Å²) in [5.41, 5.74) is 0.994. The summed E-state index contributed by atoms with van der Waals surface area (Å²) >= 11 is 3.21. The zero-order valence-corrected chi connectivity index (χ0v) is 11.5. The van der Waals surface area contributed by atoms with E-state index in [1.165, 1.54) is 12.1 Å². The van der Waals surface area contributed by atoms with Crippen LogP contribution in [-0.2, 0) is 6.54 Å².